The van der Waals surface area contributed by atoms with Crippen LogP contribution in [0.4, 0.5) is 4.39 Å². The molecule has 2 nitrogen and oxygen atoms in total. The Labute approximate surface area is 194 Å². The van der Waals surface area contributed by atoms with E-state index in [0.29, 0.717) is 11.8 Å². The normalized spacial score (nSPS) is 33.1. The number of ether oxygens (including phenoxy) is 1. The zero-order valence-corrected chi connectivity index (χ0v) is 20.0. The van der Waals surface area contributed by atoms with Gasteiger partial charge in [-0.05, 0) is 106 Å². The molecule has 0 saturated heterocycles. The minimum absolute atomic E-state index is 0.0603. The monoisotopic (exact) mass is 440 g/mol. The quantitative estimate of drug-likeness (QED) is 0.255. The Morgan fingerprint density at radius 2 is 1.81 bits per heavy atom. The molecule has 1 aromatic rings. The van der Waals surface area contributed by atoms with Gasteiger partial charge in [-0.15, -0.1) is 0 Å². The number of hydrogen-bond donors (Lipinski definition) is 0. The number of hydrogen-bond acceptors (Lipinski definition) is 2. The van der Waals surface area contributed by atoms with Crippen molar-refractivity contribution in [3.63, 3.8) is 0 Å². The molecule has 3 heteroatoms. The second kappa shape index (κ2) is 11.0. The van der Waals surface area contributed by atoms with E-state index in [9.17, 15) is 9.18 Å². The molecule has 0 amide bonds. The molecule has 176 valence electrons. The Bertz CT molecular complexity index is 792. The van der Waals surface area contributed by atoms with Crippen LogP contribution in [0.3, 0.4) is 0 Å². The Morgan fingerprint density at radius 1 is 1.03 bits per heavy atom. The number of rotatable bonds is 6. The molecule has 0 aliphatic heterocycles. The van der Waals surface area contributed by atoms with Crippen LogP contribution < -0.4 is 4.74 Å². The molecule has 4 unspecified atom stereocenters. The van der Waals surface area contributed by atoms with Gasteiger partial charge in [-0.3, -0.25) is 4.79 Å². The van der Waals surface area contributed by atoms with E-state index < -0.39 is 5.82 Å². The van der Waals surface area contributed by atoms with Crippen molar-refractivity contribution < 1.29 is 13.9 Å². The van der Waals surface area contributed by atoms with Gasteiger partial charge in [-0.1, -0.05) is 50.8 Å². The average Bonchev–Trinajstić information content (AvgIpc) is 2.80. The maximum Gasteiger partial charge on any atom is 0.314 e. The largest absolute Gasteiger partial charge is 0.423 e. The fourth-order valence-corrected chi connectivity index (χ4v) is 6.86. The van der Waals surface area contributed by atoms with Crippen LogP contribution in [0.5, 0.6) is 5.75 Å². The van der Waals surface area contributed by atoms with Crippen LogP contribution in [0.25, 0.3) is 0 Å². The van der Waals surface area contributed by atoms with E-state index in [1.165, 1.54) is 51.0 Å². The summed E-state index contributed by atoms with van der Waals surface area (Å²) in [5.41, 5.74) is 0.938. The molecule has 1 aromatic carbocycles. The number of aryl methyl sites for hydroxylation is 1. The van der Waals surface area contributed by atoms with E-state index in [2.05, 4.69) is 13.0 Å². The van der Waals surface area contributed by atoms with Gasteiger partial charge in [0.05, 0.1) is 5.92 Å². The highest BCUT2D eigenvalue weighted by molar-refractivity contribution is 5.75. The Morgan fingerprint density at radius 3 is 2.56 bits per heavy atom. The first-order valence-electron chi connectivity index (χ1n) is 13.2. The van der Waals surface area contributed by atoms with Crippen molar-refractivity contribution in [3.05, 3.63) is 41.7 Å². The lowest BCUT2D eigenvalue weighted by Crippen LogP contribution is -2.40. The number of benzene rings is 1. The number of carbonyl (C=O) groups is 1. The van der Waals surface area contributed by atoms with Crippen LogP contribution >= 0.6 is 0 Å². The van der Waals surface area contributed by atoms with Gasteiger partial charge < -0.3 is 4.74 Å². The SMILES string of the molecule is C/C=C/CCc1ccc(OC(=O)C2CCCC3CC(C4CCC(C)CC4)CCC32)c(F)c1. The molecule has 3 saturated carbocycles. The first kappa shape index (κ1) is 23.5. The molecule has 4 atom stereocenters. The predicted octanol–water partition coefficient (Wildman–Crippen LogP) is 7.90. The second-order valence-electron chi connectivity index (χ2n) is 10.8. The van der Waals surface area contributed by atoms with Gasteiger partial charge in [0, 0.05) is 0 Å². The molecule has 0 aromatic heterocycles. The Kier molecular flexibility index (Phi) is 8.07. The van der Waals surface area contributed by atoms with Crippen molar-refractivity contribution in [1.29, 1.82) is 0 Å². The van der Waals surface area contributed by atoms with Gasteiger partial charge in [-0.2, -0.15) is 0 Å². The predicted molar refractivity (Wildman–Crippen MR) is 128 cm³/mol. The zero-order chi connectivity index (χ0) is 22.5. The Balaban J connectivity index is 1.34. The molecule has 0 bridgehead atoms. The van der Waals surface area contributed by atoms with Crippen molar-refractivity contribution in [2.45, 2.75) is 90.9 Å². The number of halogens is 1. The summed E-state index contributed by atoms with van der Waals surface area (Å²) >= 11 is 0. The van der Waals surface area contributed by atoms with Gasteiger partial charge in [0.1, 0.15) is 0 Å². The molecule has 3 aliphatic rings. The van der Waals surface area contributed by atoms with Crippen molar-refractivity contribution >= 4 is 5.97 Å². The third-order valence-electron chi connectivity index (χ3n) is 8.76. The summed E-state index contributed by atoms with van der Waals surface area (Å²) < 4.78 is 20.3. The van der Waals surface area contributed by atoms with E-state index in [1.54, 1.807) is 6.07 Å². The minimum Gasteiger partial charge on any atom is -0.423 e. The van der Waals surface area contributed by atoms with E-state index in [4.69, 9.17) is 4.74 Å². The maximum absolute atomic E-state index is 14.6. The molecular weight excluding hydrogens is 399 g/mol. The highest BCUT2D eigenvalue weighted by atomic mass is 19.1. The van der Waals surface area contributed by atoms with Crippen LogP contribution in [0, 0.1) is 41.3 Å². The lowest BCUT2D eigenvalue weighted by atomic mass is 9.59. The molecule has 3 fully saturated rings. The van der Waals surface area contributed by atoms with Gasteiger partial charge >= 0.3 is 5.97 Å². The lowest BCUT2D eigenvalue weighted by molar-refractivity contribution is -0.144. The van der Waals surface area contributed by atoms with Crippen LogP contribution in [0.2, 0.25) is 0 Å². The number of allylic oxidation sites excluding steroid dienone is 2. The first-order chi connectivity index (χ1) is 15.5. The summed E-state index contributed by atoms with van der Waals surface area (Å²) in [6.45, 7) is 4.38. The third-order valence-corrected chi connectivity index (χ3v) is 8.76. The summed E-state index contributed by atoms with van der Waals surface area (Å²) in [7, 11) is 0. The van der Waals surface area contributed by atoms with Crippen LogP contribution in [0.15, 0.2) is 30.4 Å². The molecule has 4 rings (SSSR count). The fraction of sp³-hybridized carbons (Fsp3) is 0.690. The highest BCUT2D eigenvalue weighted by Crippen LogP contribution is 2.50. The van der Waals surface area contributed by atoms with E-state index in [-0.39, 0.29) is 17.6 Å². The first-order valence-corrected chi connectivity index (χ1v) is 13.2. The van der Waals surface area contributed by atoms with E-state index >= 15 is 0 Å². The lowest BCUT2D eigenvalue weighted by Gasteiger charge is -2.45. The standard InChI is InChI=1S/C29H41FO2/c1-3-4-5-7-21-12-17-28(27(30)18-21)32-29(31)26-9-6-8-24-19-23(15-16-25(24)26)22-13-10-20(2)11-14-22/h3-4,12,17-18,20,22-26H,5-11,13-16,19H2,1-2H3/b4-3+. The summed E-state index contributed by atoms with van der Waals surface area (Å²) in [5.74, 6) is 3.15. The average molecular weight is 441 g/mol. The molecule has 0 heterocycles. The molecule has 3 aliphatic carbocycles. The van der Waals surface area contributed by atoms with Crippen molar-refractivity contribution in [1.82, 2.24) is 0 Å². The van der Waals surface area contributed by atoms with Crippen molar-refractivity contribution in [2.75, 3.05) is 0 Å². The van der Waals surface area contributed by atoms with Crippen LogP contribution in [0.1, 0.15) is 90.0 Å². The summed E-state index contributed by atoms with van der Waals surface area (Å²) in [4.78, 5) is 13.1. The molecule has 0 radical (unpaired) electrons. The van der Waals surface area contributed by atoms with Crippen LogP contribution in [-0.2, 0) is 11.2 Å². The summed E-state index contributed by atoms with van der Waals surface area (Å²) in [6.07, 6.45) is 18.3. The molecule has 32 heavy (non-hydrogen) atoms. The van der Waals surface area contributed by atoms with Crippen molar-refractivity contribution in [2.24, 2.45) is 35.5 Å². The number of esters is 1. The zero-order valence-electron chi connectivity index (χ0n) is 20.0. The van der Waals surface area contributed by atoms with Gasteiger partial charge in [0.15, 0.2) is 11.6 Å². The smallest absolute Gasteiger partial charge is 0.314 e. The number of carbonyl (C=O) groups excluding carboxylic acids is 1. The molecule has 0 spiro atoms. The topological polar surface area (TPSA) is 26.3 Å². The highest BCUT2D eigenvalue weighted by Gasteiger charge is 2.43. The second-order valence-corrected chi connectivity index (χ2v) is 10.8. The van der Waals surface area contributed by atoms with Crippen molar-refractivity contribution in [3.8, 4) is 5.75 Å². The Hall–Kier alpha value is -1.64. The van der Waals surface area contributed by atoms with E-state index in [0.717, 1.165) is 55.4 Å². The minimum atomic E-state index is -0.418. The summed E-state index contributed by atoms with van der Waals surface area (Å²) in [6, 6.07) is 5.04. The maximum atomic E-state index is 14.6. The van der Waals surface area contributed by atoms with Gasteiger partial charge in [-0.25, -0.2) is 4.39 Å². The fourth-order valence-electron chi connectivity index (χ4n) is 6.86. The van der Waals surface area contributed by atoms with Gasteiger partial charge in [0.2, 0.25) is 0 Å². The summed E-state index contributed by atoms with van der Waals surface area (Å²) in [5, 5.41) is 0. The molecular formula is C29H41FO2. The third kappa shape index (κ3) is 5.64. The van der Waals surface area contributed by atoms with Crippen LogP contribution in [-0.4, -0.2) is 5.97 Å². The molecule has 0 N–H and O–H groups in total. The number of fused-ring (bicyclic) bond motifs is 1. The van der Waals surface area contributed by atoms with Gasteiger partial charge in [0.25, 0.3) is 0 Å². The van der Waals surface area contributed by atoms with E-state index in [1.807, 2.05) is 19.1 Å².